The largest absolute Gasteiger partial charge is 0.309 e. The SMILES string of the molecule is c1ccc(-n2c3ccc(-c4ccc(-n5c6ccccc6c6cc7c(cc65)c5ccccc5n7-c5ccccc5)cc4)cc3c3cc(-c4ccc(-n5c6ccccc6c6ccc7c8ccccc8n(-c8ccccc8)c7c65)cc4)ccc32)cc1. The van der Waals surface area contributed by atoms with Crippen molar-refractivity contribution >= 4 is 109 Å². The van der Waals surface area contributed by atoms with Gasteiger partial charge >= 0.3 is 0 Å². The third-order valence-corrected chi connectivity index (χ3v) is 17.7. The van der Waals surface area contributed by atoms with E-state index in [0.29, 0.717) is 0 Å². The molecule has 18 rings (SSSR count). The summed E-state index contributed by atoms with van der Waals surface area (Å²) in [5.74, 6) is 0. The zero-order valence-corrected chi connectivity index (χ0v) is 45.0. The van der Waals surface area contributed by atoms with Crippen molar-refractivity contribution in [1.29, 1.82) is 0 Å². The molecule has 13 aromatic carbocycles. The van der Waals surface area contributed by atoms with E-state index in [1.807, 2.05) is 0 Å². The van der Waals surface area contributed by atoms with E-state index in [-0.39, 0.29) is 0 Å². The molecule has 0 aliphatic carbocycles. The molecule has 0 unspecified atom stereocenters. The number of nitrogens with zero attached hydrogens (tertiary/aromatic N) is 5. The van der Waals surface area contributed by atoms with E-state index < -0.39 is 0 Å². The van der Waals surface area contributed by atoms with Crippen LogP contribution >= 0.6 is 0 Å². The van der Waals surface area contributed by atoms with Crippen LogP contribution in [-0.4, -0.2) is 22.8 Å². The molecule has 0 aliphatic rings. The molecule has 5 nitrogen and oxygen atoms in total. The minimum absolute atomic E-state index is 1.12. The predicted molar refractivity (Wildman–Crippen MR) is 349 cm³/mol. The van der Waals surface area contributed by atoms with Crippen molar-refractivity contribution in [2.45, 2.75) is 0 Å². The highest BCUT2D eigenvalue weighted by atomic mass is 15.0. The zero-order valence-electron chi connectivity index (χ0n) is 45.0. The van der Waals surface area contributed by atoms with E-state index in [1.54, 1.807) is 0 Å². The Labute approximate surface area is 477 Å². The maximum atomic E-state index is 2.48. The summed E-state index contributed by atoms with van der Waals surface area (Å²) in [7, 11) is 0. The van der Waals surface area contributed by atoms with Gasteiger partial charge < -0.3 is 22.8 Å². The van der Waals surface area contributed by atoms with Crippen LogP contribution in [0.25, 0.3) is 160 Å². The van der Waals surface area contributed by atoms with Crippen LogP contribution in [0, 0.1) is 0 Å². The highest BCUT2D eigenvalue weighted by Crippen LogP contribution is 2.44. The average molecular weight is 1060 g/mol. The lowest BCUT2D eigenvalue weighted by molar-refractivity contribution is 1.15. The number of fused-ring (bicyclic) bond motifs is 16. The summed E-state index contributed by atoms with van der Waals surface area (Å²) in [5, 5.41) is 12.4. The van der Waals surface area contributed by atoms with Crippen LogP contribution in [0.4, 0.5) is 0 Å². The van der Waals surface area contributed by atoms with E-state index in [9.17, 15) is 0 Å². The molecule has 0 aliphatic heterocycles. The first kappa shape index (κ1) is 45.7. The quantitative estimate of drug-likeness (QED) is 0.152. The van der Waals surface area contributed by atoms with Crippen LogP contribution in [0.3, 0.4) is 0 Å². The fraction of sp³-hybridized carbons (Fsp3) is 0. The van der Waals surface area contributed by atoms with Gasteiger partial charge in [-0.15, -0.1) is 0 Å². The van der Waals surface area contributed by atoms with Crippen molar-refractivity contribution in [2.24, 2.45) is 0 Å². The fourth-order valence-corrected chi connectivity index (χ4v) is 14.0. The van der Waals surface area contributed by atoms with E-state index >= 15 is 0 Å². The molecule has 0 radical (unpaired) electrons. The van der Waals surface area contributed by atoms with Crippen molar-refractivity contribution in [3.8, 4) is 50.7 Å². The molecule has 18 aromatic rings. The predicted octanol–water partition coefficient (Wildman–Crippen LogP) is 20.5. The number of rotatable bonds is 7. The monoisotopic (exact) mass is 1060 g/mol. The highest BCUT2D eigenvalue weighted by Gasteiger charge is 2.23. The minimum Gasteiger partial charge on any atom is -0.309 e. The molecule has 0 N–H and O–H groups in total. The van der Waals surface area contributed by atoms with E-state index in [4.69, 9.17) is 0 Å². The Morgan fingerprint density at radius 3 is 0.807 bits per heavy atom. The number of aromatic nitrogens is 5. The Bertz CT molecular complexity index is 5640. The van der Waals surface area contributed by atoms with Crippen molar-refractivity contribution < 1.29 is 0 Å². The van der Waals surface area contributed by atoms with E-state index in [1.165, 1.54) is 131 Å². The smallest absolute Gasteiger partial charge is 0.0788 e. The molecule has 0 spiro atoms. The molecule has 0 bridgehead atoms. The Kier molecular flexibility index (Phi) is 9.73. The van der Waals surface area contributed by atoms with Crippen LogP contribution in [0.5, 0.6) is 0 Å². The lowest BCUT2D eigenvalue weighted by Gasteiger charge is -2.13. The average Bonchev–Trinajstić information content (AvgIpc) is 1.97. The van der Waals surface area contributed by atoms with Gasteiger partial charge in [-0.05, 0) is 144 Å². The second-order valence-electron chi connectivity index (χ2n) is 22.1. The maximum absolute atomic E-state index is 2.48. The molecule has 5 heteroatoms. The van der Waals surface area contributed by atoms with Gasteiger partial charge in [0.05, 0.1) is 55.2 Å². The second kappa shape index (κ2) is 17.7. The number of hydrogen-bond donors (Lipinski definition) is 0. The second-order valence-corrected chi connectivity index (χ2v) is 22.1. The Morgan fingerprint density at radius 1 is 0.145 bits per heavy atom. The Morgan fingerprint density at radius 2 is 0.410 bits per heavy atom. The van der Waals surface area contributed by atoms with Gasteiger partial charge in [-0.1, -0.05) is 176 Å². The van der Waals surface area contributed by atoms with Gasteiger partial charge in [0, 0.05) is 82.3 Å². The fourth-order valence-electron chi connectivity index (χ4n) is 14.0. The van der Waals surface area contributed by atoms with Gasteiger partial charge in [0.1, 0.15) is 0 Å². The van der Waals surface area contributed by atoms with Gasteiger partial charge in [0.25, 0.3) is 0 Å². The Balaban J connectivity index is 0.759. The Hall–Kier alpha value is -11.1. The third-order valence-electron chi connectivity index (χ3n) is 17.7. The van der Waals surface area contributed by atoms with Crippen molar-refractivity contribution in [1.82, 2.24) is 22.8 Å². The molecule has 0 saturated heterocycles. The van der Waals surface area contributed by atoms with Gasteiger partial charge in [0.2, 0.25) is 0 Å². The van der Waals surface area contributed by atoms with Crippen molar-refractivity contribution in [2.75, 3.05) is 0 Å². The summed E-state index contributed by atoms with van der Waals surface area (Å²) in [6.45, 7) is 0. The normalized spacial score (nSPS) is 12.1. The zero-order chi connectivity index (χ0) is 54.3. The standard InChI is InChI=1S/C78H49N5/c1-4-18-54(19-5-1)79-73-44-36-52(50-32-38-57(39-33-50)81-70-29-15-13-27-62(70)68-48-75-67(49-76(68)81)61-26-12-14-28-69(61)80(75)55-20-6-2-7-21-55)46-65(73)66-47-53(37-45-74(66)79)51-34-40-58(41-35-51)83-72-31-17-11-25-60(72)64-43-42-63-59-24-10-16-30-71(59)82(77(63)78(64)83)56-22-8-3-9-23-56/h1-49H. The summed E-state index contributed by atoms with van der Waals surface area (Å²) in [6.07, 6.45) is 0. The summed E-state index contributed by atoms with van der Waals surface area (Å²) in [4.78, 5) is 0. The van der Waals surface area contributed by atoms with Crippen LogP contribution in [-0.2, 0) is 0 Å². The minimum atomic E-state index is 1.12. The summed E-state index contributed by atoms with van der Waals surface area (Å²) >= 11 is 0. The van der Waals surface area contributed by atoms with Crippen LogP contribution in [0.15, 0.2) is 297 Å². The first-order valence-electron chi connectivity index (χ1n) is 28.6. The molecule has 0 fully saturated rings. The van der Waals surface area contributed by atoms with Gasteiger partial charge in [-0.25, -0.2) is 0 Å². The van der Waals surface area contributed by atoms with Gasteiger partial charge in [-0.2, -0.15) is 0 Å². The molecule has 83 heavy (non-hydrogen) atoms. The van der Waals surface area contributed by atoms with Crippen LogP contribution in [0.2, 0.25) is 0 Å². The third kappa shape index (κ3) is 6.70. The number of para-hydroxylation sites is 7. The molecule has 386 valence electrons. The van der Waals surface area contributed by atoms with Crippen LogP contribution < -0.4 is 0 Å². The summed E-state index contributed by atoms with van der Waals surface area (Å²) in [6, 6.07) is 109. The molecule has 0 saturated carbocycles. The van der Waals surface area contributed by atoms with Crippen LogP contribution in [0.1, 0.15) is 0 Å². The highest BCUT2D eigenvalue weighted by molar-refractivity contribution is 6.24. The molecular weight excluding hydrogens is 1010 g/mol. The maximum Gasteiger partial charge on any atom is 0.0788 e. The summed E-state index contributed by atoms with van der Waals surface area (Å²) < 4.78 is 12.2. The number of benzene rings is 13. The summed E-state index contributed by atoms with van der Waals surface area (Å²) in [5.41, 5.74) is 22.3. The number of hydrogen-bond acceptors (Lipinski definition) is 0. The molecular formula is C78H49N5. The molecule has 0 amide bonds. The molecule has 0 atom stereocenters. The van der Waals surface area contributed by atoms with Gasteiger partial charge in [-0.3, -0.25) is 0 Å². The lowest BCUT2D eigenvalue weighted by atomic mass is 10.00. The molecule has 5 heterocycles. The molecule has 5 aromatic heterocycles. The lowest BCUT2D eigenvalue weighted by Crippen LogP contribution is -1.98. The van der Waals surface area contributed by atoms with E-state index in [0.717, 1.165) is 28.4 Å². The first-order valence-corrected chi connectivity index (χ1v) is 28.6. The topological polar surface area (TPSA) is 24.6 Å². The van der Waals surface area contributed by atoms with Gasteiger partial charge in [0.15, 0.2) is 0 Å². The van der Waals surface area contributed by atoms with Crippen molar-refractivity contribution in [3.63, 3.8) is 0 Å². The van der Waals surface area contributed by atoms with Crippen molar-refractivity contribution in [3.05, 3.63) is 297 Å². The first-order chi connectivity index (χ1) is 41.2. The van der Waals surface area contributed by atoms with E-state index in [2.05, 4.69) is 320 Å².